The Morgan fingerprint density at radius 2 is 1.87 bits per heavy atom. The molecule has 120 valence electrons. The number of phenolic OH excluding ortho intramolecular Hbond substituents is 1. The van der Waals surface area contributed by atoms with E-state index < -0.39 is 0 Å². The Kier molecular flexibility index (Phi) is 4.63. The molecule has 23 heavy (non-hydrogen) atoms. The van der Waals surface area contributed by atoms with Crippen LogP contribution < -0.4 is 5.73 Å². The normalized spacial score (nSPS) is 15.6. The smallest absolute Gasteiger partial charge is 0.253 e. The highest BCUT2D eigenvalue weighted by Crippen LogP contribution is 2.29. The van der Waals surface area contributed by atoms with Crippen molar-refractivity contribution in [1.82, 2.24) is 4.90 Å². The number of carbonyl (C=O) groups is 1. The van der Waals surface area contributed by atoms with Crippen LogP contribution >= 0.6 is 0 Å². The Labute approximate surface area is 136 Å². The van der Waals surface area contributed by atoms with Crippen molar-refractivity contribution in [2.45, 2.75) is 25.3 Å². The fourth-order valence-electron chi connectivity index (χ4n) is 3.21. The quantitative estimate of drug-likeness (QED) is 0.916. The molecular weight excluding hydrogens is 288 g/mol. The Balaban J connectivity index is 1.65. The van der Waals surface area contributed by atoms with Crippen LogP contribution in [0, 0.1) is 0 Å². The zero-order valence-electron chi connectivity index (χ0n) is 13.1. The third-order valence-corrected chi connectivity index (χ3v) is 4.53. The van der Waals surface area contributed by atoms with Crippen molar-refractivity contribution in [3.05, 3.63) is 65.2 Å². The monoisotopic (exact) mass is 310 g/mol. The van der Waals surface area contributed by atoms with E-state index in [4.69, 9.17) is 5.73 Å². The molecule has 1 amide bonds. The highest BCUT2D eigenvalue weighted by atomic mass is 16.3. The summed E-state index contributed by atoms with van der Waals surface area (Å²) in [5.74, 6) is 0.606. The largest absolute Gasteiger partial charge is 0.508 e. The predicted octanol–water partition coefficient (Wildman–Crippen LogP) is 2.87. The van der Waals surface area contributed by atoms with Crippen LogP contribution in [0.4, 0.5) is 0 Å². The van der Waals surface area contributed by atoms with E-state index in [1.807, 2.05) is 11.0 Å². The molecule has 1 fully saturated rings. The fraction of sp³-hybridized carbons (Fsp3) is 0.316. The number of benzene rings is 2. The summed E-state index contributed by atoms with van der Waals surface area (Å²) in [7, 11) is 0. The fourth-order valence-corrected chi connectivity index (χ4v) is 3.21. The van der Waals surface area contributed by atoms with E-state index >= 15 is 0 Å². The molecule has 0 unspecified atom stereocenters. The Morgan fingerprint density at radius 3 is 2.57 bits per heavy atom. The summed E-state index contributed by atoms with van der Waals surface area (Å²) in [6, 6.07) is 15.0. The lowest BCUT2D eigenvalue weighted by atomic mass is 9.88. The molecule has 3 N–H and O–H groups in total. The Morgan fingerprint density at radius 1 is 1.13 bits per heavy atom. The van der Waals surface area contributed by atoms with Crippen molar-refractivity contribution in [1.29, 1.82) is 0 Å². The summed E-state index contributed by atoms with van der Waals surface area (Å²) in [5.41, 5.74) is 8.73. The Bertz CT molecular complexity index is 691. The second kappa shape index (κ2) is 6.84. The van der Waals surface area contributed by atoms with Gasteiger partial charge in [0.25, 0.3) is 5.91 Å². The molecule has 0 saturated carbocycles. The maximum absolute atomic E-state index is 12.5. The first-order valence-corrected chi connectivity index (χ1v) is 8.04. The van der Waals surface area contributed by atoms with Gasteiger partial charge in [-0.05, 0) is 48.1 Å². The van der Waals surface area contributed by atoms with Gasteiger partial charge in [0.2, 0.25) is 0 Å². The molecule has 0 atom stereocenters. The first-order valence-electron chi connectivity index (χ1n) is 8.04. The van der Waals surface area contributed by atoms with Crippen LogP contribution in [0.2, 0.25) is 0 Å². The SMILES string of the molecule is NCc1cccc(C2CCN(C(=O)c3cccc(O)c3)CC2)c1. The molecule has 1 heterocycles. The maximum atomic E-state index is 12.5. The number of hydrogen-bond donors (Lipinski definition) is 2. The molecule has 0 radical (unpaired) electrons. The van der Waals surface area contributed by atoms with Crippen LogP contribution in [-0.4, -0.2) is 29.0 Å². The average molecular weight is 310 g/mol. The van der Waals surface area contributed by atoms with Crippen molar-refractivity contribution < 1.29 is 9.90 Å². The summed E-state index contributed by atoms with van der Waals surface area (Å²) < 4.78 is 0. The number of nitrogens with zero attached hydrogens (tertiary/aromatic N) is 1. The van der Waals surface area contributed by atoms with E-state index in [1.54, 1.807) is 18.2 Å². The van der Waals surface area contributed by atoms with Gasteiger partial charge in [-0.1, -0.05) is 30.3 Å². The molecule has 0 bridgehead atoms. The molecule has 1 aliphatic heterocycles. The molecule has 4 heteroatoms. The number of rotatable bonds is 3. The number of hydrogen-bond acceptors (Lipinski definition) is 3. The molecular formula is C19H22N2O2. The highest BCUT2D eigenvalue weighted by molar-refractivity contribution is 5.94. The first-order chi connectivity index (χ1) is 11.2. The van der Waals surface area contributed by atoms with Crippen molar-refractivity contribution in [2.75, 3.05) is 13.1 Å². The van der Waals surface area contributed by atoms with Gasteiger partial charge in [0.15, 0.2) is 0 Å². The van der Waals surface area contributed by atoms with Crippen LogP contribution in [0.15, 0.2) is 48.5 Å². The maximum Gasteiger partial charge on any atom is 0.253 e. The lowest BCUT2D eigenvalue weighted by Gasteiger charge is -2.32. The number of amides is 1. The second-order valence-corrected chi connectivity index (χ2v) is 6.07. The summed E-state index contributed by atoms with van der Waals surface area (Å²) in [6.07, 6.45) is 1.91. The van der Waals surface area contributed by atoms with Crippen LogP contribution in [0.1, 0.15) is 40.2 Å². The number of phenols is 1. The zero-order valence-corrected chi connectivity index (χ0v) is 13.1. The third kappa shape index (κ3) is 3.54. The van der Waals surface area contributed by atoms with Gasteiger partial charge < -0.3 is 15.7 Å². The van der Waals surface area contributed by atoms with Crippen molar-refractivity contribution in [3.8, 4) is 5.75 Å². The molecule has 2 aromatic rings. The number of carbonyl (C=O) groups excluding carboxylic acids is 1. The van der Waals surface area contributed by atoms with Crippen LogP contribution in [0.5, 0.6) is 5.75 Å². The van der Waals surface area contributed by atoms with Crippen LogP contribution in [0.3, 0.4) is 0 Å². The standard InChI is InChI=1S/C19H22N2O2/c20-13-14-3-1-4-16(11-14)15-7-9-21(10-8-15)19(23)17-5-2-6-18(22)12-17/h1-6,11-12,15,22H,7-10,13,20H2. The van der Waals surface area contributed by atoms with Gasteiger partial charge in [-0.15, -0.1) is 0 Å². The topological polar surface area (TPSA) is 66.6 Å². The lowest BCUT2D eigenvalue weighted by molar-refractivity contribution is 0.0712. The number of piperidine rings is 1. The summed E-state index contributed by atoms with van der Waals surface area (Å²) in [6.45, 7) is 2.04. The van der Waals surface area contributed by atoms with E-state index in [9.17, 15) is 9.90 Å². The minimum absolute atomic E-state index is 0.00458. The zero-order chi connectivity index (χ0) is 16.2. The molecule has 0 spiro atoms. The van der Waals surface area contributed by atoms with Crippen LogP contribution in [-0.2, 0) is 6.54 Å². The number of aromatic hydroxyl groups is 1. The molecule has 3 rings (SSSR count). The van der Waals surface area contributed by atoms with Gasteiger partial charge >= 0.3 is 0 Å². The molecule has 1 saturated heterocycles. The van der Waals surface area contributed by atoms with Crippen molar-refractivity contribution in [3.63, 3.8) is 0 Å². The van der Waals surface area contributed by atoms with E-state index in [1.165, 1.54) is 11.6 Å². The summed E-state index contributed by atoms with van der Waals surface area (Å²) >= 11 is 0. The Hall–Kier alpha value is -2.33. The van der Waals surface area contributed by atoms with E-state index in [-0.39, 0.29) is 11.7 Å². The third-order valence-electron chi connectivity index (χ3n) is 4.53. The van der Waals surface area contributed by atoms with Gasteiger partial charge in [0.1, 0.15) is 5.75 Å². The lowest BCUT2D eigenvalue weighted by Crippen LogP contribution is -2.37. The van der Waals surface area contributed by atoms with Gasteiger partial charge in [-0.25, -0.2) is 0 Å². The van der Waals surface area contributed by atoms with Crippen LogP contribution in [0.25, 0.3) is 0 Å². The summed E-state index contributed by atoms with van der Waals surface area (Å²) in [4.78, 5) is 14.4. The highest BCUT2D eigenvalue weighted by Gasteiger charge is 2.24. The molecule has 1 aliphatic rings. The van der Waals surface area contributed by atoms with Crippen molar-refractivity contribution in [2.24, 2.45) is 5.73 Å². The predicted molar refractivity (Wildman–Crippen MR) is 90.3 cm³/mol. The molecule has 2 aromatic carbocycles. The average Bonchev–Trinajstić information content (AvgIpc) is 2.61. The number of nitrogens with two attached hydrogens (primary N) is 1. The van der Waals surface area contributed by atoms with Gasteiger partial charge in [0, 0.05) is 25.2 Å². The second-order valence-electron chi connectivity index (χ2n) is 6.07. The van der Waals surface area contributed by atoms with E-state index in [0.717, 1.165) is 31.5 Å². The number of likely N-dealkylation sites (tertiary alicyclic amines) is 1. The van der Waals surface area contributed by atoms with E-state index in [2.05, 4.69) is 18.2 Å². The molecule has 0 aliphatic carbocycles. The van der Waals surface area contributed by atoms with Gasteiger partial charge in [-0.2, -0.15) is 0 Å². The van der Waals surface area contributed by atoms with Gasteiger partial charge in [0.05, 0.1) is 0 Å². The van der Waals surface area contributed by atoms with Crippen molar-refractivity contribution >= 4 is 5.91 Å². The molecule has 0 aromatic heterocycles. The minimum atomic E-state index is -0.00458. The summed E-state index contributed by atoms with van der Waals surface area (Å²) in [5, 5.41) is 9.52. The minimum Gasteiger partial charge on any atom is -0.508 e. The first kappa shape index (κ1) is 15.6. The molecule has 4 nitrogen and oxygen atoms in total. The van der Waals surface area contributed by atoms with Gasteiger partial charge in [-0.3, -0.25) is 4.79 Å². The van der Waals surface area contributed by atoms with E-state index in [0.29, 0.717) is 18.0 Å².